The number of nitrogens with one attached hydrogen (secondary N) is 1. The normalized spacial score (nSPS) is 11.6. The van der Waals surface area contributed by atoms with Crippen molar-refractivity contribution in [3.63, 3.8) is 0 Å². The molecule has 0 bridgehead atoms. The van der Waals surface area contributed by atoms with E-state index in [-0.39, 0.29) is 17.4 Å². The molecule has 2 heterocycles. The summed E-state index contributed by atoms with van der Waals surface area (Å²) in [4.78, 5) is 8.30. The number of aromatic nitrogens is 2. The summed E-state index contributed by atoms with van der Waals surface area (Å²) in [7, 11) is -3.60. The molecule has 2 aromatic heterocycles. The molecule has 0 saturated carbocycles. The minimum absolute atomic E-state index is 0.00841. The van der Waals surface area contributed by atoms with E-state index in [4.69, 9.17) is 17.3 Å². The van der Waals surface area contributed by atoms with Gasteiger partial charge in [0.15, 0.2) is 0 Å². The smallest absolute Gasteiger partial charge is 0.243 e. The number of halogens is 1. The van der Waals surface area contributed by atoms with E-state index < -0.39 is 10.0 Å². The first-order valence-corrected chi connectivity index (χ1v) is 7.96. The molecule has 2 rings (SSSR count). The molecule has 3 N–H and O–H groups in total. The fourth-order valence-corrected chi connectivity index (χ4v) is 3.35. The predicted molar refractivity (Wildman–Crippen MR) is 74.7 cm³/mol. The van der Waals surface area contributed by atoms with Crippen molar-refractivity contribution in [1.82, 2.24) is 14.7 Å². The lowest BCUT2D eigenvalue weighted by Crippen LogP contribution is -2.26. The van der Waals surface area contributed by atoms with Gasteiger partial charge < -0.3 is 5.73 Å². The van der Waals surface area contributed by atoms with Crippen molar-refractivity contribution in [2.45, 2.75) is 11.3 Å². The minimum atomic E-state index is -3.60. The van der Waals surface area contributed by atoms with Gasteiger partial charge in [-0.25, -0.2) is 23.1 Å². The van der Waals surface area contributed by atoms with Crippen molar-refractivity contribution < 1.29 is 8.42 Å². The number of thiophene rings is 1. The topological polar surface area (TPSA) is 98.0 Å². The van der Waals surface area contributed by atoms with Gasteiger partial charge in [-0.2, -0.15) is 0 Å². The van der Waals surface area contributed by atoms with Gasteiger partial charge in [0, 0.05) is 11.4 Å². The van der Waals surface area contributed by atoms with Gasteiger partial charge in [-0.15, -0.1) is 11.3 Å². The summed E-state index contributed by atoms with van der Waals surface area (Å²) in [5.41, 5.74) is 5.30. The van der Waals surface area contributed by atoms with Gasteiger partial charge in [0.25, 0.3) is 0 Å². The second-order valence-electron chi connectivity index (χ2n) is 3.63. The molecule has 0 aliphatic heterocycles. The minimum Gasteiger partial charge on any atom is -0.368 e. The van der Waals surface area contributed by atoms with Crippen molar-refractivity contribution in [2.24, 2.45) is 0 Å². The van der Waals surface area contributed by atoms with Gasteiger partial charge in [0.1, 0.15) is 4.90 Å². The van der Waals surface area contributed by atoms with E-state index in [1.165, 1.54) is 23.7 Å². The van der Waals surface area contributed by atoms with Gasteiger partial charge in [0.05, 0.1) is 16.7 Å². The average Bonchev–Trinajstić information content (AvgIpc) is 2.75. The molecule has 0 amide bonds. The van der Waals surface area contributed by atoms with Gasteiger partial charge in [-0.05, 0) is 18.6 Å². The van der Waals surface area contributed by atoms with Crippen molar-refractivity contribution in [1.29, 1.82) is 0 Å². The van der Waals surface area contributed by atoms with Crippen LogP contribution in [0.15, 0.2) is 29.4 Å². The number of nitrogens with two attached hydrogens (primary N) is 1. The number of sulfonamides is 1. The van der Waals surface area contributed by atoms with Crippen LogP contribution in [0, 0.1) is 0 Å². The molecular formula is C10H11ClN4O2S2. The monoisotopic (exact) mass is 318 g/mol. The summed E-state index contributed by atoms with van der Waals surface area (Å²) in [5.74, 6) is 0.0344. The highest BCUT2D eigenvalue weighted by molar-refractivity contribution is 7.89. The quantitative estimate of drug-likeness (QED) is 0.865. The first-order valence-electron chi connectivity index (χ1n) is 5.29. The summed E-state index contributed by atoms with van der Waals surface area (Å²) >= 11 is 7.22. The van der Waals surface area contributed by atoms with Crippen LogP contribution in [-0.4, -0.2) is 24.9 Å². The van der Waals surface area contributed by atoms with Crippen LogP contribution in [0.25, 0.3) is 0 Å². The molecule has 0 fully saturated rings. The van der Waals surface area contributed by atoms with Gasteiger partial charge in [0.2, 0.25) is 16.0 Å². The largest absolute Gasteiger partial charge is 0.368 e. The van der Waals surface area contributed by atoms with Crippen LogP contribution in [0.1, 0.15) is 4.88 Å². The number of hydrogen-bond donors (Lipinski definition) is 2. The van der Waals surface area contributed by atoms with Crippen LogP contribution in [0.3, 0.4) is 0 Å². The molecule has 0 aromatic carbocycles. The maximum atomic E-state index is 11.9. The van der Waals surface area contributed by atoms with Crippen LogP contribution >= 0.6 is 22.9 Å². The first kappa shape index (κ1) is 14.2. The Balaban J connectivity index is 1.96. The molecule has 0 atom stereocenters. The van der Waals surface area contributed by atoms with E-state index >= 15 is 0 Å². The lowest BCUT2D eigenvalue weighted by Gasteiger charge is -2.05. The van der Waals surface area contributed by atoms with Gasteiger partial charge in [-0.1, -0.05) is 11.6 Å². The molecule has 0 aliphatic rings. The summed E-state index contributed by atoms with van der Waals surface area (Å²) in [5, 5.41) is 0. The van der Waals surface area contributed by atoms with Crippen molar-refractivity contribution in [3.8, 4) is 0 Å². The summed E-state index contributed by atoms with van der Waals surface area (Å²) < 4.78 is 26.9. The second-order valence-corrected chi connectivity index (χ2v) is 7.20. The molecule has 0 aliphatic carbocycles. The standard InChI is InChI=1S/C10H11ClN4O2S2/c11-9-2-1-7(18-9)3-4-15-19(16,17)8-5-13-10(12)14-6-8/h1-2,5-6,15H,3-4H2,(H2,12,13,14). The first-order chi connectivity index (χ1) is 8.97. The Morgan fingerprint density at radius 2 is 2.00 bits per heavy atom. The van der Waals surface area contributed by atoms with E-state index in [0.29, 0.717) is 10.8 Å². The number of nitrogen functional groups attached to an aromatic ring is 1. The van der Waals surface area contributed by atoms with Crippen LogP contribution < -0.4 is 10.5 Å². The fourth-order valence-electron chi connectivity index (χ4n) is 1.34. The number of anilines is 1. The predicted octanol–water partition coefficient (Wildman–Crippen LogP) is 1.29. The molecule has 9 heteroatoms. The maximum absolute atomic E-state index is 11.9. The Bertz CT molecular complexity index is 654. The molecule has 102 valence electrons. The lowest BCUT2D eigenvalue weighted by atomic mass is 10.3. The molecule has 19 heavy (non-hydrogen) atoms. The molecule has 0 spiro atoms. The Kier molecular flexibility index (Phi) is 4.35. The lowest BCUT2D eigenvalue weighted by molar-refractivity contribution is 0.581. The highest BCUT2D eigenvalue weighted by atomic mass is 35.5. The van der Waals surface area contributed by atoms with E-state index in [2.05, 4.69) is 14.7 Å². The average molecular weight is 319 g/mol. The summed E-state index contributed by atoms with van der Waals surface area (Å²) in [6, 6.07) is 3.65. The molecule has 0 unspecified atom stereocenters. The zero-order chi connectivity index (χ0) is 13.9. The van der Waals surface area contributed by atoms with E-state index in [1.54, 1.807) is 6.07 Å². The molecule has 0 radical (unpaired) electrons. The Morgan fingerprint density at radius 3 is 2.58 bits per heavy atom. The molecular weight excluding hydrogens is 308 g/mol. The fraction of sp³-hybridized carbons (Fsp3) is 0.200. The van der Waals surface area contributed by atoms with E-state index in [9.17, 15) is 8.42 Å². The number of rotatable bonds is 5. The zero-order valence-electron chi connectivity index (χ0n) is 9.71. The third-order valence-electron chi connectivity index (χ3n) is 2.25. The Morgan fingerprint density at radius 1 is 1.32 bits per heavy atom. The second kappa shape index (κ2) is 5.83. The number of nitrogens with zero attached hydrogens (tertiary/aromatic N) is 2. The van der Waals surface area contributed by atoms with Crippen molar-refractivity contribution in [2.75, 3.05) is 12.3 Å². The Hall–Kier alpha value is -1.22. The number of hydrogen-bond acceptors (Lipinski definition) is 6. The van der Waals surface area contributed by atoms with E-state index in [0.717, 1.165) is 4.88 Å². The van der Waals surface area contributed by atoms with Gasteiger partial charge >= 0.3 is 0 Å². The highest BCUT2D eigenvalue weighted by Gasteiger charge is 2.14. The SMILES string of the molecule is Nc1ncc(S(=O)(=O)NCCc2ccc(Cl)s2)cn1. The van der Waals surface area contributed by atoms with Crippen molar-refractivity contribution in [3.05, 3.63) is 33.7 Å². The third kappa shape index (κ3) is 3.87. The Labute approximate surface area is 119 Å². The maximum Gasteiger partial charge on any atom is 0.243 e. The van der Waals surface area contributed by atoms with Gasteiger partial charge in [-0.3, -0.25) is 0 Å². The van der Waals surface area contributed by atoms with Crippen LogP contribution in [0.5, 0.6) is 0 Å². The third-order valence-corrected chi connectivity index (χ3v) is 4.96. The highest BCUT2D eigenvalue weighted by Crippen LogP contribution is 2.21. The van der Waals surface area contributed by atoms with Crippen LogP contribution in [-0.2, 0) is 16.4 Å². The summed E-state index contributed by atoms with van der Waals surface area (Å²) in [6.07, 6.45) is 2.92. The summed E-state index contributed by atoms with van der Waals surface area (Å²) in [6.45, 7) is 0.281. The van der Waals surface area contributed by atoms with Crippen molar-refractivity contribution >= 4 is 38.9 Å². The molecule has 0 saturated heterocycles. The van der Waals surface area contributed by atoms with Crippen LogP contribution in [0.2, 0.25) is 4.34 Å². The molecule has 2 aromatic rings. The van der Waals surface area contributed by atoms with E-state index in [1.807, 2.05) is 6.07 Å². The van der Waals surface area contributed by atoms with Crippen LogP contribution in [0.4, 0.5) is 5.95 Å². The molecule has 6 nitrogen and oxygen atoms in total. The zero-order valence-corrected chi connectivity index (χ0v) is 12.1.